The van der Waals surface area contributed by atoms with Crippen LogP contribution in [0.2, 0.25) is 0 Å². The number of amides is 1. The zero-order chi connectivity index (χ0) is 24.9. The van der Waals surface area contributed by atoms with Crippen LogP contribution in [0.1, 0.15) is 19.3 Å². The molecule has 0 unspecified atom stereocenters. The second-order valence-corrected chi connectivity index (χ2v) is 9.04. The van der Waals surface area contributed by atoms with Gasteiger partial charge in [-0.05, 0) is 25.0 Å². The van der Waals surface area contributed by atoms with Gasteiger partial charge in [-0.1, -0.05) is 6.42 Å². The second-order valence-electron chi connectivity index (χ2n) is 9.04. The molecule has 0 saturated heterocycles. The lowest BCUT2D eigenvalue weighted by molar-refractivity contribution is -0.122. The number of nitrogens with zero attached hydrogens (tertiary/aromatic N) is 5. The van der Waals surface area contributed by atoms with E-state index in [-0.39, 0.29) is 22.9 Å². The summed E-state index contributed by atoms with van der Waals surface area (Å²) in [5.41, 5.74) is 4.73. The van der Waals surface area contributed by atoms with E-state index in [0.29, 0.717) is 39.3 Å². The number of fused-ring (bicyclic) bond motifs is 2. The average Bonchev–Trinajstić information content (AvgIpc) is 3.62. The quantitative estimate of drug-likeness (QED) is 0.303. The second kappa shape index (κ2) is 8.33. The summed E-state index contributed by atoms with van der Waals surface area (Å²) in [7, 11) is 0. The first kappa shape index (κ1) is 21.4. The van der Waals surface area contributed by atoms with E-state index in [1.165, 1.54) is 12.4 Å². The number of pyridine rings is 3. The maximum atomic E-state index is 16.0. The van der Waals surface area contributed by atoms with Gasteiger partial charge in [-0.15, -0.1) is 0 Å². The van der Waals surface area contributed by atoms with E-state index in [4.69, 9.17) is 9.40 Å². The predicted molar refractivity (Wildman–Crippen MR) is 134 cm³/mol. The van der Waals surface area contributed by atoms with Crippen molar-refractivity contribution in [2.24, 2.45) is 5.92 Å². The molecule has 0 aliphatic heterocycles. The first-order valence-corrected chi connectivity index (χ1v) is 11.8. The van der Waals surface area contributed by atoms with Crippen LogP contribution in [0, 0.1) is 11.7 Å². The summed E-state index contributed by atoms with van der Waals surface area (Å²) in [4.78, 5) is 33.1. The van der Waals surface area contributed by atoms with E-state index < -0.39 is 5.82 Å². The number of furan rings is 1. The van der Waals surface area contributed by atoms with Crippen molar-refractivity contribution in [1.29, 1.82) is 0 Å². The van der Waals surface area contributed by atoms with Crippen molar-refractivity contribution in [3.05, 3.63) is 61.5 Å². The Morgan fingerprint density at radius 2 is 1.95 bits per heavy atom. The normalized spacial score (nSPS) is 13.8. The number of anilines is 1. The summed E-state index contributed by atoms with van der Waals surface area (Å²) < 4.78 is 21.2. The van der Waals surface area contributed by atoms with Gasteiger partial charge in [-0.3, -0.25) is 24.8 Å². The zero-order valence-corrected chi connectivity index (χ0v) is 19.3. The summed E-state index contributed by atoms with van der Waals surface area (Å²) in [6.45, 7) is 0. The number of carbonyl (C=O) groups excluding carboxylic acids is 1. The van der Waals surface area contributed by atoms with Gasteiger partial charge < -0.3 is 14.7 Å². The van der Waals surface area contributed by atoms with Crippen LogP contribution in [0.3, 0.4) is 0 Å². The van der Waals surface area contributed by atoms with Crippen molar-refractivity contribution in [2.75, 3.05) is 5.32 Å². The largest absolute Gasteiger partial charge is 0.472 e. The van der Waals surface area contributed by atoms with E-state index in [1.807, 2.05) is 6.07 Å². The van der Waals surface area contributed by atoms with Crippen LogP contribution in [0.5, 0.6) is 0 Å². The summed E-state index contributed by atoms with van der Waals surface area (Å²) in [5.74, 6) is -0.203. The number of nitrogens with one attached hydrogen (secondary N) is 3. The van der Waals surface area contributed by atoms with Crippen LogP contribution in [0.15, 0.2) is 60.1 Å². The maximum Gasteiger partial charge on any atom is 0.227 e. The van der Waals surface area contributed by atoms with Gasteiger partial charge in [0, 0.05) is 35.0 Å². The molecule has 6 aromatic rings. The number of imidazole rings is 1. The van der Waals surface area contributed by atoms with Gasteiger partial charge in [0.15, 0.2) is 11.6 Å². The van der Waals surface area contributed by atoms with Gasteiger partial charge >= 0.3 is 0 Å². The molecule has 0 bridgehead atoms. The van der Waals surface area contributed by atoms with Gasteiger partial charge in [0.25, 0.3) is 0 Å². The Balaban J connectivity index is 1.30. The van der Waals surface area contributed by atoms with Crippen molar-refractivity contribution in [3.63, 3.8) is 0 Å². The molecule has 1 fully saturated rings. The number of hydrogen-bond donors (Lipinski definition) is 3. The number of aromatic nitrogens is 7. The Morgan fingerprint density at radius 3 is 2.76 bits per heavy atom. The highest BCUT2D eigenvalue weighted by Crippen LogP contribution is 2.35. The number of rotatable bonds is 5. The molecule has 0 spiro atoms. The first-order valence-electron chi connectivity index (χ1n) is 11.8. The molecule has 10 nitrogen and oxygen atoms in total. The van der Waals surface area contributed by atoms with Crippen molar-refractivity contribution in [3.8, 4) is 33.9 Å². The van der Waals surface area contributed by atoms with E-state index >= 15 is 4.39 Å². The lowest BCUT2D eigenvalue weighted by Crippen LogP contribution is -2.28. The molecule has 6 heterocycles. The Bertz CT molecular complexity index is 1790. The van der Waals surface area contributed by atoms with E-state index in [1.54, 1.807) is 37.2 Å². The monoisotopic (exact) mass is 494 g/mol. The number of H-pyrrole nitrogens is 2. The fraction of sp³-hybridized carbons (Fsp3) is 0.154. The minimum absolute atomic E-state index is 0.0244. The average molecular weight is 494 g/mol. The first-order chi connectivity index (χ1) is 18.2. The summed E-state index contributed by atoms with van der Waals surface area (Å²) in [6, 6.07) is 3.49. The molecule has 0 aromatic carbocycles. The molecule has 6 aromatic heterocycles. The van der Waals surface area contributed by atoms with Crippen molar-refractivity contribution in [2.45, 2.75) is 19.3 Å². The van der Waals surface area contributed by atoms with Crippen LogP contribution in [-0.2, 0) is 4.79 Å². The van der Waals surface area contributed by atoms with Crippen LogP contribution < -0.4 is 5.32 Å². The van der Waals surface area contributed by atoms with Gasteiger partial charge in [-0.2, -0.15) is 5.10 Å². The number of carbonyl (C=O) groups is 1. The lowest BCUT2D eigenvalue weighted by atomic mass is 9.85. The highest BCUT2D eigenvalue weighted by atomic mass is 19.1. The van der Waals surface area contributed by atoms with Crippen molar-refractivity contribution < 1.29 is 13.6 Å². The van der Waals surface area contributed by atoms with Crippen LogP contribution >= 0.6 is 0 Å². The van der Waals surface area contributed by atoms with Gasteiger partial charge in [-0.25, -0.2) is 9.37 Å². The Morgan fingerprint density at radius 1 is 1.05 bits per heavy atom. The zero-order valence-electron chi connectivity index (χ0n) is 19.3. The molecular formula is C26H19FN8O2. The fourth-order valence-electron chi connectivity index (χ4n) is 4.57. The third kappa shape index (κ3) is 3.54. The van der Waals surface area contributed by atoms with E-state index in [9.17, 15) is 4.79 Å². The van der Waals surface area contributed by atoms with Crippen LogP contribution in [0.4, 0.5) is 10.1 Å². The minimum atomic E-state index is -0.570. The Hall–Kier alpha value is -4.93. The third-order valence-electron chi connectivity index (χ3n) is 6.75. The van der Waals surface area contributed by atoms with Crippen molar-refractivity contribution >= 4 is 33.5 Å². The molecule has 1 aliphatic rings. The minimum Gasteiger partial charge on any atom is -0.472 e. The van der Waals surface area contributed by atoms with E-state index in [0.717, 1.165) is 30.4 Å². The number of halogens is 1. The fourth-order valence-corrected chi connectivity index (χ4v) is 4.57. The predicted octanol–water partition coefficient (Wildman–Crippen LogP) is 5.10. The molecule has 7 rings (SSSR count). The van der Waals surface area contributed by atoms with Crippen LogP contribution in [0.25, 0.3) is 55.8 Å². The molecular weight excluding hydrogens is 475 g/mol. The summed E-state index contributed by atoms with van der Waals surface area (Å²) in [5, 5.41) is 10.3. The summed E-state index contributed by atoms with van der Waals surface area (Å²) in [6.07, 6.45) is 14.0. The van der Waals surface area contributed by atoms with Crippen LogP contribution in [-0.4, -0.2) is 41.0 Å². The molecule has 182 valence electrons. The lowest BCUT2D eigenvalue weighted by Gasteiger charge is -2.24. The number of aromatic amines is 2. The highest BCUT2D eigenvalue weighted by molar-refractivity contribution is 5.98. The molecule has 0 atom stereocenters. The smallest absolute Gasteiger partial charge is 0.227 e. The SMILES string of the molecule is O=C(Nc1cncc(-c2ncc3[nH]nc(-c4nc5c(-c6ccoc6)cncc5[nH]4)c3c2F)c1)C1CCC1. The molecule has 3 N–H and O–H groups in total. The third-order valence-corrected chi connectivity index (χ3v) is 6.75. The molecule has 0 radical (unpaired) electrons. The highest BCUT2D eigenvalue weighted by Gasteiger charge is 2.26. The molecule has 11 heteroatoms. The standard InChI is InChI=1S/C26H19FN8O2/c27-21-20-18(11-30-22(21)15-6-16(8-28-7-15)31-26(36)13-2-1-3-13)34-35-24(20)25-32-19-10-29-9-17(23(19)33-25)14-4-5-37-12-14/h4-13H,1-3H2,(H,31,36)(H,32,33)(H,34,35). The Labute approximate surface area is 208 Å². The molecule has 37 heavy (non-hydrogen) atoms. The van der Waals surface area contributed by atoms with Gasteiger partial charge in [0.05, 0.1) is 53.2 Å². The number of hydrogen-bond acceptors (Lipinski definition) is 7. The molecule has 1 amide bonds. The van der Waals surface area contributed by atoms with E-state index in [2.05, 4.69) is 35.5 Å². The van der Waals surface area contributed by atoms with Gasteiger partial charge in [0.2, 0.25) is 5.91 Å². The maximum absolute atomic E-state index is 16.0. The van der Waals surface area contributed by atoms with Crippen molar-refractivity contribution in [1.82, 2.24) is 35.1 Å². The molecule has 1 aliphatic carbocycles. The molecule has 1 saturated carbocycles. The van der Waals surface area contributed by atoms with Gasteiger partial charge in [0.1, 0.15) is 16.9 Å². The topological polar surface area (TPSA) is 138 Å². The summed E-state index contributed by atoms with van der Waals surface area (Å²) >= 11 is 0. The Kier molecular flexibility index (Phi) is 4.81.